The van der Waals surface area contributed by atoms with Gasteiger partial charge in [0.1, 0.15) is 0 Å². The van der Waals surface area contributed by atoms with Crippen LogP contribution in [0.3, 0.4) is 0 Å². The number of hydrogen-bond donors (Lipinski definition) is 0. The highest BCUT2D eigenvalue weighted by molar-refractivity contribution is 7.35. The van der Waals surface area contributed by atoms with E-state index in [1.807, 2.05) is 0 Å². The summed E-state index contributed by atoms with van der Waals surface area (Å²) < 4.78 is 2.33. The van der Waals surface area contributed by atoms with Gasteiger partial charge in [0.2, 0.25) is 0 Å². The van der Waals surface area contributed by atoms with Gasteiger partial charge in [-0.1, -0.05) is 13.0 Å². The molecule has 0 bridgehead atoms. The first-order valence-electron chi connectivity index (χ1n) is 3.48. The molecule has 1 atom stereocenters. The summed E-state index contributed by atoms with van der Waals surface area (Å²) in [5.74, 6) is 0. The molecule has 0 saturated carbocycles. The van der Waals surface area contributed by atoms with Gasteiger partial charge in [0.25, 0.3) is 0 Å². The number of allylic oxidation sites excluding steroid dienone is 1. The maximum absolute atomic E-state index is 2.33. The smallest absolute Gasteiger partial charge is 0.0180 e. The molecule has 0 spiro atoms. The monoisotopic (exact) mass is 145 g/mol. The Kier molecular flexibility index (Phi) is 6.08. The molecular weight excluding hydrogens is 129 g/mol. The molecule has 0 heterocycles. The van der Waals surface area contributed by atoms with E-state index in [2.05, 4.69) is 37.7 Å². The first-order chi connectivity index (χ1) is 4.35. The summed E-state index contributed by atoms with van der Waals surface area (Å²) in [5, 5.41) is 0. The normalized spacial score (nSPS) is 11.9. The lowest BCUT2D eigenvalue weighted by atomic mass is 10.6. The van der Waals surface area contributed by atoms with Crippen molar-refractivity contribution in [2.45, 2.75) is 20.8 Å². The van der Waals surface area contributed by atoms with E-state index < -0.39 is 0 Å². The largest absolute Gasteiger partial charge is 0.360 e. The van der Waals surface area contributed by atoms with Crippen molar-refractivity contribution < 1.29 is 0 Å². The molecule has 0 rings (SSSR count). The SMILES string of the molecule is CC=CN(CC)PCC. The van der Waals surface area contributed by atoms with E-state index in [0.29, 0.717) is 0 Å². The third kappa shape index (κ3) is 4.47. The summed E-state index contributed by atoms with van der Waals surface area (Å²) in [6.45, 7) is 7.59. The van der Waals surface area contributed by atoms with Crippen LogP contribution in [0.15, 0.2) is 12.3 Å². The fraction of sp³-hybridized carbons (Fsp3) is 0.714. The highest BCUT2D eigenvalue weighted by Gasteiger charge is 1.89. The Bertz CT molecular complexity index is 81.0. The van der Waals surface area contributed by atoms with Gasteiger partial charge in [-0.25, -0.2) is 0 Å². The van der Waals surface area contributed by atoms with Crippen molar-refractivity contribution in [2.75, 3.05) is 12.7 Å². The minimum Gasteiger partial charge on any atom is -0.360 e. The molecular formula is C7H16NP. The zero-order valence-electron chi connectivity index (χ0n) is 6.52. The van der Waals surface area contributed by atoms with Crippen LogP contribution in [0.2, 0.25) is 0 Å². The van der Waals surface area contributed by atoms with Crippen LogP contribution >= 0.6 is 8.73 Å². The van der Waals surface area contributed by atoms with Gasteiger partial charge in [-0.15, -0.1) is 0 Å². The fourth-order valence-electron chi connectivity index (χ4n) is 0.653. The van der Waals surface area contributed by atoms with E-state index in [1.165, 1.54) is 6.16 Å². The Morgan fingerprint density at radius 2 is 2.11 bits per heavy atom. The van der Waals surface area contributed by atoms with Gasteiger partial charge in [-0.05, 0) is 34.9 Å². The second-order valence-electron chi connectivity index (χ2n) is 1.78. The summed E-state index contributed by atoms with van der Waals surface area (Å²) >= 11 is 0. The highest BCUT2D eigenvalue weighted by Crippen LogP contribution is 2.16. The Morgan fingerprint density at radius 1 is 1.44 bits per heavy atom. The van der Waals surface area contributed by atoms with Crippen LogP contribution in [-0.2, 0) is 0 Å². The van der Waals surface area contributed by atoms with Crippen molar-refractivity contribution >= 4 is 8.73 Å². The quantitative estimate of drug-likeness (QED) is 0.549. The molecule has 2 heteroatoms. The lowest BCUT2D eigenvalue weighted by molar-refractivity contribution is 0.647. The average Bonchev–Trinajstić information content (AvgIpc) is 1.88. The van der Waals surface area contributed by atoms with Crippen LogP contribution in [0.5, 0.6) is 0 Å². The van der Waals surface area contributed by atoms with Gasteiger partial charge in [0.15, 0.2) is 0 Å². The Morgan fingerprint density at radius 3 is 2.44 bits per heavy atom. The molecule has 1 unspecified atom stereocenters. The molecule has 0 aromatic heterocycles. The van der Waals surface area contributed by atoms with Crippen molar-refractivity contribution in [3.05, 3.63) is 12.3 Å². The van der Waals surface area contributed by atoms with Gasteiger partial charge in [-0.2, -0.15) is 0 Å². The van der Waals surface area contributed by atoms with E-state index >= 15 is 0 Å². The molecule has 0 aromatic rings. The molecule has 0 radical (unpaired) electrons. The topological polar surface area (TPSA) is 3.24 Å². The molecule has 0 aliphatic rings. The average molecular weight is 145 g/mol. The fourth-order valence-corrected chi connectivity index (χ4v) is 1.54. The van der Waals surface area contributed by atoms with E-state index in [0.717, 1.165) is 15.3 Å². The van der Waals surface area contributed by atoms with Crippen LogP contribution in [-0.4, -0.2) is 17.4 Å². The van der Waals surface area contributed by atoms with Gasteiger partial charge < -0.3 is 4.67 Å². The maximum Gasteiger partial charge on any atom is 0.0180 e. The molecule has 54 valence electrons. The molecule has 9 heavy (non-hydrogen) atoms. The predicted molar refractivity (Wildman–Crippen MR) is 46.1 cm³/mol. The molecule has 0 aromatic carbocycles. The first kappa shape index (κ1) is 8.97. The Hall–Kier alpha value is -0.0300. The summed E-state index contributed by atoms with van der Waals surface area (Å²) in [6.07, 6.45) is 5.51. The molecule has 1 nitrogen and oxygen atoms in total. The van der Waals surface area contributed by atoms with Crippen LogP contribution in [0.1, 0.15) is 20.8 Å². The second-order valence-corrected chi connectivity index (χ2v) is 3.38. The molecule has 0 fully saturated rings. The zero-order chi connectivity index (χ0) is 7.11. The van der Waals surface area contributed by atoms with Crippen LogP contribution in [0.25, 0.3) is 0 Å². The zero-order valence-corrected chi connectivity index (χ0v) is 7.52. The summed E-state index contributed by atoms with van der Waals surface area (Å²) in [4.78, 5) is 0. The van der Waals surface area contributed by atoms with Gasteiger partial charge in [-0.3, -0.25) is 0 Å². The lowest BCUT2D eigenvalue weighted by Gasteiger charge is -2.15. The molecule has 0 saturated heterocycles. The minimum atomic E-state index is 0.959. The number of rotatable bonds is 4. The van der Waals surface area contributed by atoms with Crippen molar-refractivity contribution in [1.82, 2.24) is 4.67 Å². The third-order valence-corrected chi connectivity index (χ3v) is 2.22. The highest BCUT2D eigenvalue weighted by atomic mass is 31.1. The molecule has 0 aliphatic heterocycles. The van der Waals surface area contributed by atoms with E-state index in [9.17, 15) is 0 Å². The van der Waals surface area contributed by atoms with Crippen molar-refractivity contribution in [3.8, 4) is 0 Å². The van der Waals surface area contributed by atoms with E-state index in [1.54, 1.807) is 0 Å². The molecule has 0 N–H and O–H groups in total. The van der Waals surface area contributed by atoms with Crippen LogP contribution in [0, 0.1) is 0 Å². The number of nitrogens with zero attached hydrogens (tertiary/aromatic N) is 1. The standard InChI is InChI=1S/C7H16NP/c1-4-7-8(5-2)9-6-3/h4,7,9H,5-6H2,1-3H3. The van der Waals surface area contributed by atoms with Gasteiger partial charge >= 0.3 is 0 Å². The summed E-state index contributed by atoms with van der Waals surface area (Å²) in [5.41, 5.74) is 0. The predicted octanol–water partition coefficient (Wildman–Crippen LogP) is 2.46. The van der Waals surface area contributed by atoms with Gasteiger partial charge in [0.05, 0.1) is 0 Å². The molecule has 0 aliphatic carbocycles. The van der Waals surface area contributed by atoms with E-state index in [4.69, 9.17) is 0 Å². The van der Waals surface area contributed by atoms with E-state index in [-0.39, 0.29) is 0 Å². The lowest BCUT2D eigenvalue weighted by Crippen LogP contribution is -2.03. The number of hydrogen-bond acceptors (Lipinski definition) is 1. The molecule has 0 amide bonds. The van der Waals surface area contributed by atoms with Crippen LogP contribution < -0.4 is 0 Å². The van der Waals surface area contributed by atoms with Crippen molar-refractivity contribution in [3.63, 3.8) is 0 Å². The Balaban J connectivity index is 3.41. The van der Waals surface area contributed by atoms with Crippen LogP contribution in [0.4, 0.5) is 0 Å². The van der Waals surface area contributed by atoms with Crippen molar-refractivity contribution in [2.24, 2.45) is 0 Å². The first-order valence-corrected chi connectivity index (χ1v) is 4.63. The van der Waals surface area contributed by atoms with Crippen molar-refractivity contribution in [1.29, 1.82) is 0 Å². The van der Waals surface area contributed by atoms with Gasteiger partial charge in [0, 0.05) is 6.54 Å². The third-order valence-electron chi connectivity index (χ3n) is 1.03. The summed E-state index contributed by atoms with van der Waals surface area (Å²) in [6, 6.07) is 0. The second kappa shape index (κ2) is 6.10. The maximum atomic E-state index is 2.33. The minimum absolute atomic E-state index is 0.959. The Labute approximate surface area is 60.0 Å². The summed E-state index contributed by atoms with van der Waals surface area (Å²) in [7, 11) is 0.959.